The van der Waals surface area contributed by atoms with Crippen molar-refractivity contribution in [1.82, 2.24) is 4.98 Å². The average molecular weight is 178 g/mol. The van der Waals surface area contributed by atoms with Crippen LogP contribution < -0.4 is 4.90 Å². The van der Waals surface area contributed by atoms with Crippen molar-refractivity contribution in [3.63, 3.8) is 0 Å². The fourth-order valence-electron chi connectivity index (χ4n) is 1.36. The van der Waals surface area contributed by atoms with Gasteiger partial charge in [-0.1, -0.05) is 13.3 Å². The van der Waals surface area contributed by atoms with E-state index in [9.17, 15) is 0 Å². The topological polar surface area (TPSA) is 16.1 Å². The molecule has 0 aliphatic rings. The Hall–Kier alpha value is -1.05. The molecule has 0 spiro atoms. The van der Waals surface area contributed by atoms with Crippen molar-refractivity contribution in [2.24, 2.45) is 0 Å². The number of hydrogen-bond donors (Lipinski definition) is 0. The van der Waals surface area contributed by atoms with Gasteiger partial charge in [-0.25, -0.2) is 0 Å². The van der Waals surface area contributed by atoms with Crippen molar-refractivity contribution in [2.45, 2.75) is 26.7 Å². The molecule has 0 aliphatic carbocycles. The normalized spacial score (nSPS) is 10.2. The molecular weight excluding hydrogens is 160 g/mol. The van der Waals surface area contributed by atoms with Crippen molar-refractivity contribution in [2.75, 3.05) is 19.0 Å². The summed E-state index contributed by atoms with van der Waals surface area (Å²) in [6.07, 6.45) is 2.23. The Morgan fingerprint density at radius 2 is 2.00 bits per heavy atom. The second-order valence-corrected chi connectivity index (χ2v) is 3.60. The smallest absolute Gasteiger partial charge is 0.0427 e. The van der Waals surface area contributed by atoms with E-state index < -0.39 is 0 Å². The zero-order valence-corrected chi connectivity index (χ0v) is 8.96. The van der Waals surface area contributed by atoms with Crippen molar-refractivity contribution in [1.29, 1.82) is 0 Å². The second kappa shape index (κ2) is 4.26. The van der Waals surface area contributed by atoms with Crippen molar-refractivity contribution in [3.05, 3.63) is 23.5 Å². The van der Waals surface area contributed by atoms with Gasteiger partial charge in [-0.15, -0.1) is 0 Å². The standard InChI is InChI=1S/C11H18N2/c1-5-6-10-8-11(13(3)4)7-9(2)12-10/h7-8H,5-6H2,1-4H3. The summed E-state index contributed by atoms with van der Waals surface area (Å²) in [7, 11) is 4.12. The van der Waals surface area contributed by atoms with Gasteiger partial charge in [0.15, 0.2) is 0 Å². The zero-order chi connectivity index (χ0) is 9.84. The van der Waals surface area contributed by atoms with Crippen LogP contribution in [0.4, 0.5) is 5.69 Å². The molecule has 0 unspecified atom stereocenters. The maximum atomic E-state index is 4.48. The van der Waals surface area contributed by atoms with Gasteiger partial charge in [0.1, 0.15) is 0 Å². The van der Waals surface area contributed by atoms with Crippen LogP contribution in [0.3, 0.4) is 0 Å². The largest absolute Gasteiger partial charge is 0.378 e. The number of anilines is 1. The highest BCUT2D eigenvalue weighted by Crippen LogP contribution is 2.14. The molecule has 0 saturated heterocycles. The quantitative estimate of drug-likeness (QED) is 0.706. The van der Waals surface area contributed by atoms with Gasteiger partial charge >= 0.3 is 0 Å². The molecule has 0 N–H and O–H groups in total. The maximum absolute atomic E-state index is 4.48. The van der Waals surface area contributed by atoms with Crippen LogP contribution in [0.5, 0.6) is 0 Å². The summed E-state index contributed by atoms with van der Waals surface area (Å²) >= 11 is 0. The van der Waals surface area contributed by atoms with Gasteiger partial charge in [-0.05, 0) is 25.5 Å². The lowest BCUT2D eigenvalue weighted by Crippen LogP contribution is -2.10. The lowest BCUT2D eigenvalue weighted by Gasteiger charge is -2.14. The molecule has 1 heterocycles. The zero-order valence-electron chi connectivity index (χ0n) is 8.96. The van der Waals surface area contributed by atoms with Crippen LogP contribution >= 0.6 is 0 Å². The highest BCUT2D eigenvalue weighted by Gasteiger charge is 2.00. The molecule has 1 rings (SSSR count). The minimum Gasteiger partial charge on any atom is -0.378 e. The van der Waals surface area contributed by atoms with Gasteiger partial charge in [0.25, 0.3) is 0 Å². The predicted molar refractivity (Wildman–Crippen MR) is 57.3 cm³/mol. The molecule has 1 aromatic rings. The first kappa shape index (κ1) is 10.0. The van der Waals surface area contributed by atoms with Crippen LogP contribution in [0.25, 0.3) is 0 Å². The Morgan fingerprint density at radius 1 is 1.31 bits per heavy atom. The molecule has 0 aliphatic heterocycles. The van der Waals surface area contributed by atoms with E-state index in [2.05, 4.69) is 43.0 Å². The highest BCUT2D eigenvalue weighted by atomic mass is 15.1. The average Bonchev–Trinajstić information content (AvgIpc) is 2.03. The van der Waals surface area contributed by atoms with Crippen molar-refractivity contribution >= 4 is 5.69 Å². The van der Waals surface area contributed by atoms with E-state index in [0.29, 0.717) is 0 Å². The van der Waals surface area contributed by atoms with Gasteiger partial charge in [0, 0.05) is 31.2 Å². The summed E-state index contributed by atoms with van der Waals surface area (Å²) in [5.74, 6) is 0. The van der Waals surface area contributed by atoms with Gasteiger partial charge in [0.05, 0.1) is 0 Å². The molecule has 2 nitrogen and oxygen atoms in total. The summed E-state index contributed by atoms with van der Waals surface area (Å²) in [4.78, 5) is 6.60. The first-order valence-corrected chi connectivity index (χ1v) is 4.78. The summed E-state index contributed by atoms with van der Waals surface area (Å²) in [6.45, 7) is 4.23. The number of pyridine rings is 1. The maximum Gasteiger partial charge on any atom is 0.0427 e. The van der Waals surface area contributed by atoms with Gasteiger partial charge in [-0.2, -0.15) is 0 Å². The van der Waals surface area contributed by atoms with Crippen molar-refractivity contribution in [3.8, 4) is 0 Å². The molecule has 0 aromatic carbocycles. The minimum absolute atomic E-state index is 1.07. The molecule has 0 amide bonds. The van der Waals surface area contributed by atoms with E-state index >= 15 is 0 Å². The third-order valence-electron chi connectivity index (χ3n) is 2.01. The first-order chi connectivity index (χ1) is 6.13. The number of nitrogens with zero attached hydrogens (tertiary/aromatic N) is 2. The Balaban J connectivity index is 2.96. The SMILES string of the molecule is CCCc1cc(N(C)C)cc(C)n1. The van der Waals surface area contributed by atoms with Crippen LogP contribution in [0.15, 0.2) is 12.1 Å². The highest BCUT2D eigenvalue weighted by molar-refractivity contribution is 5.46. The van der Waals surface area contributed by atoms with Gasteiger partial charge in [0.2, 0.25) is 0 Å². The lowest BCUT2D eigenvalue weighted by atomic mass is 10.2. The second-order valence-electron chi connectivity index (χ2n) is 3.60. The summed E-state index contributed by atoms with van der Waals surface area (Å²) in [5.41, 5.74) is 3.55. The van der Waals surface area contributed by atoms with E-state index in [1.807, 2.05) is 6.92 Å². The third kappa shape index (κ3) is 2.72. The van der Waals surface area contributed by atoms with E-state index in [1.165, 1.54) is 11.4 Å². The fourth-order valence-corrected chi connectivity index (χ4v) is 1.36. The molecule has 72 valence electrons. The summed E-state index contributed by atoms with van der Waals surface area (Å²) < 4.78 is 0. The monoisotopic (exact) mass is 178 g/mol. The molecule has 0 bridgehead atoms. The number of rotatable bonds is 3. The first-order valence-electron chi connectivity index (χ1n) is 4.78. The third-order valence-corrected chi connectivity index (χ3v) is 2.01. The minimum atomic E-state index is 1.07. The molecule has 2 heteroatoms. The Kier molecular flexibility index (Phi) is 3.29. The van der Waals surface area contributed by atoms with Crippen LogP contribution in [0, 0.1) is 6.92 Å². The van der Waals surface area contributed by atoms with Crippen LogP contribution in [0.2, 0.25) is 0 Å². The summed E-state index contributed by atoms with van der Waals surface area (Å²) in [5, 5.41) is 0. The molecular formula is C11H18N2. The van der Waals surface area contributed by atoms with Crippen molar-refractivity contribution < 1.29 is 0 Å². The molecule has 1 aromatic heterocycles. The van der Waals surface area contributed by atoms with Crippen LogP contribution in [0.1, 0.15) is 24.7 Å². The number of aromatic nitrogens is 1. The van der Waals surface area contributed by atoms with Gasteiger partial charge in [-0.3, -0.25) is 4.98 Å². The van der Waals surface area contributed by atoms with E-state index in [0.717, 1.165) is 18.5 Å². The van der Waals surface area contributed by atoms with Crippen LogP contribution in [-0.4, -0.2) is 19.1 Å². The predicted octanol–water partition coefficient (Wildman–Crippen LogP) is 2.41. The molecule has 0 atom stereocenters. The molecule has 13 heavy (non-hydrogen) atoms. The van der Waals surface area contributed by atoms with Crippen LogP contribution in [-0.2, 0) is 6.42 Å². The molecule has 0 saturated carbocycles. The fraction of sp³-hybridized carbons (Fsp3) is 0.545. The Labute approximate surface area is 80.6 Å². The van der Waals surface area contributed by atoms with E-state index in [4.69, 9.17) is 0 Å². The molecule has 0 radical (unpaired) electrons. The number of hydrogen-bond acceptors (Lipinski definition) is 2. The van der Waals surface area contributed by atoms with E-state index in [1.54, 1.807) is 0 Å². The number of aryl methyl sites for hydroxylation is 2. The Morgan fingerprint density at radius 3 is 2.54 bits per heavy atom. The summed E-state index contributed by atoms with van der Waals surface area (Å²) in [6, 6.07) is 4.27. The van der Waals surface area contributed by atoms with Gasteiger partial charge < -0.3 is 4.90 Å². The van der Waals surface area contributed by atoms with E-state index in [-0.39, 0.29) is 0 Å². The lowest BCUT2D eigenvalue weighted by molar-refractivity contribution is 0.872. The molecule has 0 fully saturated rings. The Bertz CT molecular complexity index is 279.